The molecule has 6 nitrogen and oxygen atoms in total. The van der Waals surface area contributed by atoms with E-state index >= 15 is 0 Å². The molecule has 1 rings (SSSR count). The van der Waals surface area contributed by atoms with E-state index in [9.17, 15) is 9.59 Å². The Morgan fingerprint density at radius 2 is 2.05 bits per heavy atom. The first-order valence-corrected chi connectivity index (χ1v) is 6.86. The minimum atomic E-state index is -1.14. The van der Waals surface area contributed by atoms with E-state index in [1.807, 2.05) is 31.2 Å². The number of aliphatic carboxylic acids is 1. The quantitative estimate of drug-likeness (QED) is 0.593. The topological polar surface area (TPSA) is 95.9 Å². The number of carboxylic acid groups (broad SMARTS) is 1. The summed E-state index contributed by atoms with van der Waals surface area (Å²) in [6, 6.07) is 6.55. The van der Waals surface area contributed by atoms with Gasteiger partial charge >= 0.3 is 5.97 Å². The molecule has 0 saturated carbocycles. The number of para-hydroxylation sites is 1. The lowest BCUT2D eigenvalue weighted by atomic mass is 10.2. The highest BCUT2D eigenvalue weighted by atomic mass is 16.5. The number of amides is 1. The summed E-state index contributed by atoms with van der Waals surface area (Å²) in [4.78, 5) is 22.4. The van der Waals surface area contributed by atoms with Gasteiger partial charge in [0.25, 0.3) is 0 Å². The molecule has 0 fully saturated rings. The number of aryl methyl sites for hydroxylation is 1. The Morgan fingerprint density at radius 1 is 1.33 bits per heavy atom. The Labute approximate surface area is 123 Å². The van der Waals surface area contributed by atoms with Crippen molar-refractivity contribution < 1.29 is 24.5 Å². The van der Waals surface area contributed by atoms with Crippen LogP contribution in [0.5, 0.6) is 5.75 Å². The first-order chi connectivity index (χ1) is 10.0. The lowest BCUT2D eigenvalue weighted by molar-refractivity contribution is -0.142. The van der Waals surface area contributed by atoms with Crippen LogP contribution in [0.25, 0.3) is 0 Å². The van der Waals surface area contributed by atoms with Crippen LogP contribution in [-0.2, 0) is 9.59 Å². The second-order valence-corrected chi connectivity index (χ2v) is 4.69. The molecule has 1 amide bonds. The fraction of sp³-hybridized carbons (Fsp3) is 0.467. The molecule has 0 radical (unpaired) electrons. The van der Waals surface area contributed by atoms with Crippen molar-refractivity contribution in [1.82, 2.24) is 5.32 Å². The minimum absolute atomic E-state index is 0.000777. The third-order valence-corrected chi connectivity index (χ3v) is 2.95. The molecule has 0 aliphatic heterocycles. The SMILES string of the molecule is Cc1ccccc1OCCCC(=O)N[C@@H](CCO)C(=O)O. The maximum atomic E-state index is 11.6. The van der Waals surface area contributed by atoms with Crippen LogP contribution in [0.15, 0.2) is 24.3 Å². The van der Waals surface area contributed by atoms with Crippen molar-refractivity contribution in [2.75, 3.05) is 13.2 Å². The first kappa shape index (κ1) is 17.0. The van der Waals surface area contributed by atoms with E-state index < -0.39 is 12.0 Å². The number of benzene rings is 1. The normalized spacial score (nSPS) is 11.7. The number of hydrogen-bond acceptors (Lipinski definition) is 4. The van der Waals surface area contributed by atoms with Crippen LogP contribution in [0.2, 0.25) is 0 Å². The number of nitrogens with one attached hydrogen (secondary N) is 1. The zero-order chi connectivity index (χ0) is 15.7. The number of rotatable bonds is 9. The molecular formula is C15H21NO5. The fourth-order valence-corrected chi connectivity index (χ4v) is 1.79. The molecule has 0 saturated heterocycles. The van der Waals surface area contributed by atoms with Crippen molar-refractivity contribution in [3.63, 3.8) is 0 Å². The van der Waals surface area contributed by atoms with Gasteiger partial charge in [-0.25, -0.2) is 4.79 Å². The van der Waals surface area contributed by atoms with Gasteiger partial charge in [-0.15, -0.1) is 0 Å². The molecule has 0 bridgehead atoms. The summed E-state index contributed by atoms with van der Waals surface area (Å²) in [7, 11) is 0. The fourth-order valence-electron chi connectivity index (χ4n) is 1.79. The number of carboxylic acids is 1. The van der Waals surface area contributed by atoms with Crippen molar-refractivity contribution in [2.24, 2.45) is 0 Å². The monoisotopic (exact) mass is 295 g/mol. The summed E-state index contributed by atoms with van der Waals surface area (Å²) in [6.07, 6.45) is 0.674. The molecule has 1 aromatic rings. The van der Waals surface area contributed by atoms with Gasteiger partial charge in [0.05, 0.1) is 6.61 Å². The molecule has 6 heteroatoms. The van der Waals surface area contributed by atoms with E-state index in [1.54, 1.807) is 0 Å². The van der Waals surface area contributed by atoms with Crippen molar-refractivity contribution in [3.8, 4) is 5.75 Å². The lowest BCUT2D eigenvalue weighted by Gasteiger charge is -2.13. The lowest BCUT2D eigenvalue weighted by Crippen LogP contribution is -2.41. The van der Waals surface area contributed by atoms with Crippen molar-refractivity contribution >= 4 is 11.9 Å². The van der Waals surface area contributed by atoms with Gasteiger partial charge < -0.3 is 20.3 Å². The summed E-state index contributed by atoms with van der Waals surface area (Å²) < 4.78 is 5.55. The Balaban J connectivity index is 2.27. The number of carbonyl (C=O) groups is 2. The predicted molar refractivity (Wildman–Crippen MR) is 77.2 cm³/mol. The molecule has 3 N–H and O–H groups in total. The third-order valence-electron chi connectivity index (χ3n) is 2.95. The van der Waals surface area contributed by atoms with Crippen LogP contribution in [-0.4, -0.2) is 41.3 Å². The molecule has 0 aliphatic rings. The van der Waals surface area contributed by atoms with Crippen LogP contribution in [0.4, 0.5) is 0 Å². The summed E-state index contributed by atoms with van der Waals surface area (Å²) in [6.45, 7) is 2.04. The van der Waals surface area contributed by atoms with Crippen LogP contribution in [0.1, 0.15) is 24.8 Å². The molecule has 21 heavy (non-hydrogen) atoms. The molecular weight excluding hydrogens is 274 g/mol. The average Bonchev–Trinajstić information content (AvgIpc) is 2.44. The number of ether oxygens (including phenoxy) is 1. The highest BCUT2D eigenvalue weighted by molar-refractivity contribution is 5.83. The maximum absolute atomic E-state index is 11.6. The summed E-state index contributed by atoms with van der Waals surface area (Å²) in [5, 5.41) is 20.0. The third kappa shape index (κ3) is 6.27. The van der Waals surface area contributed by atoms with Crippen LogP contribution >= 0.6 is 0 Å². The van der Waals surface area contributed by atoms with E-state index in [4.69, 9.17) is 14.9 Å². The Bertz CT molecular complexity index is 475. The number of carbonyl (C=O) groups excluding carboxylic acids is 1. The van der Waals surface area contributed by atoms with Crippen molar-refractivity contribution in [3.05, 3.63) is 29.8 Å². The van der Waals surface area contributed by atoms with Crippen LogP contribution < -0.4 is 10.1 Å². The summed E-state index contributed by atoms with van der Waals surface area (Å²) in [5.41, 5.74) is 1.02. The highest BCUT2D eigenvalue weighted by Gasteiger charge is 2.18. The van der Waals surface area contributed by atoms with E-state index in [-0.39, 0.29) is 25.4 Å². The van der Waals surface area contributed by atoms with Gasteiger partial charge in [-0.2, -0.15) is 0 Å². The Hall–Kier alpha value is -2.08. The summed E-state index contributed by atoms with van der Waals surface area (Å²) in [5.74, 6) is -0.723. The van der Waals surface area contributed by atoms with Gasteiger partial charge in [0.1, 0.15) is 11.8 Å². The van der Waals surface area contributed by atoms with E-state index in [0.717, 1.165) is 11.3 Å². The average molecular weight is 295 g/mol. The second-order valence-electron chi connectivity index (χ2n) is 4.69. The van der Waals surface area contributed by atoms with Gasteiger partial charge in [-0.1, -0.05) is 18.2 Å². The van der Waals surface area contributed by atoms with E-state index in [0.29, 0.717) is 13.0 Å². The number of hydrogen-bond donors (Lipinski definition) is 3. The van der Waals surface area contributed by atoms with Gasteiger partial charge in [0, 0.05) is 19.4 Å². The smallest absolute Gasteiger partial charge is 0.326 e. The van der Waals surface area contributed by atoms with Gasteiger partial charge in [0.2, 0.25) is 5.91 Å². The van der Waals surface area contributed by atoms with Crippen LogP contribution in [0, 0.1) is 6.92 Å². The number of aliphatic hydroxyl groups is 1. The highest BCUT2D eigenvalue weighted by Crippen LogP contribution is 2.16. The molecule has 116 valence electrons. The molecule has 0 heterocycles. The zero-order valence-corrected chi connectivity index (χ0v) is 12.0. The molecule has 0 spiro atoms. The standard InChI is InChI=1S/C15H21NO5/c1-11-5-2-3-6-13(11)21-10-4-7-14(18)16-12(8-9-17)15(19)20/h2-3,5-6,12,17H,4,7-10H2,1H3,(H,16,18)(H,19,20)/t12-/m0/s1. The van der Waals surface area contributed by atoms with Crippen molar-refractivity contribution in [2.45, 2.75) is 32.2 Å². The minimum Gasteiger partial charge on any atom is -0.493 e. The predicted octanol–water partition coefficient (Wildman–Crippen LogP) is 1.11. The maximum Gasteiger partial charge on any atom is 0.326 e. The molecule has 0 aliphatic carbocycles. The van der Waals surface area contributed by atoms with Gasteiger partial charge in [0.15, 0.2) is 0 Å². The van der Waals surface area contributed by atoms with Gasteiger partial charge in [-0.3, -0.25) is 4.79 Å². The van der Waals surface area contributed by atoms with E-state index in [1.165, 1.54) is 0 Å². The molecule has 1 atom stereocenters. The molecule has 0 unspecified atom stereocenters. The van der Waals surface area contributed by atoms with Gasteiger partial charge in [-0.05, 0) is 25.0 Å². The van der Waals surface area contributed by atoms with Crippen molar-refractivity contribution in [1.29, 1.82) is 0 Å². The number of aliphatic hydroxyl groups excluding tert-OH is 1. The molecule has 1 aromatic carbocycles. The second kappa shape index (κ2) is 8.97. The summed E-state index contributed by atoms with van der Waals surface area (Å²) >= 11 is 0. The van der Waals surface area contributed by atoms with Crippen LogP contribution in [0.3, 0.4) is 0 Å². The Kier molecular flexibility index (Phi) is 7.25. The first-order valence-electron chi connectivity index (χ1n) is 6.86. The van der Waals surface area contributed by atoms with E-state index in [2.05, 4.69) is 5.32 Å². The molecule has 0 aromatic heterocycles. The largest absolute Gasteiger partial charge is 0.493 e. The Morgan fingerprint density at radius 3 is 2.67 bits per heavy atom. The zero-order valence-electron chi connectivity index (χ0n) is 12.0.